The number of piperazine rings is 1. The monoisotopic (exact) mass is 827 g/mol. The lowest BCUT2D eigenvalue weighted by molar-refractivity contribution is -0.154. The molecule has 3 aromatic carbocycles. The van der Waals surface area contributed by atoms with Crippen molar-refractivity contribution in [3.63, 3.8) is 0 Å². The summed E-state index contributed by atoms with van der Waals surface area (Å²) >= 11 is 0. The number of anilines is 2. The smallest absolute Gasteiger partial charge is 0.422 e. The van der Waals surface area contributed by atoms with E-state index >= 15 is 4.39 Å². The van der Waals surface area contributed by atoms with Gasteiger partial charge in [-0.2, -0.15) is 28.4 Å². The predicted octanol–water partition coefficient (Wildman–Crippen LogP) is 8.92. The number of rotatable bonds is 11. The number of methoxy groups -OCH3 is 2. The second-order valence-corrected chi connectivity index (χ2v) is 16.3. The molecule has 0 spiro atoms. The summed E-state index contributed by atoms with van der Waals surface area (Å²) in [6.45, 7) is 6.90. The van der Waals surface area contributed by atoms with Gasteiger partial charge >= 0.3 is 18.3 Å². The quantitative estimate of drug-likeness (QED) is 0.128. The number of nitriles is 1. The Bertz CT molecular complexity index is 2400. The first-order chi connectivity index (χ1) is 28.4. The Hall–Kier alpha value is -6.37. The lowest BCUT2D eigenvalue weighted by atomic mass is 9.71. The molecule has 1 amide bonds. The maximum Gasteiger partial charge on any atom is 0.422 e. The lowest BCUT2D eigenvalue weighted by Crippen LogP contribution is -2.68. The van der Waals surface area contributed by atoms with E-state index in [1.807, 2.05) is 87.2 Å². The maximum absolute atomic E-state index is 17.4. The van der Waals surface area contributed by atoms with Gasteiger partial charge in [-0.3, -0.25) is 4.90 Å². The molecule has 16 heteroatoms. The average molecular weight is 828 g/mol. The summed E-state index contributed by atoms with van der Waals surface area (Å²) in [5.74, 6) is 0.886. The molecule has 2 atom stereocenters. The van der Waals surface area contributed by atoms with Crippen LogP contribution in [0.5, 0.6) is 17.5 Å². The average Bonchev–Trinajstić information content (AvgIpc) is 3.47. The number of halogens is 4. The van der Waals surface area contributed by atoms with E-state index in [4.69, 9.17) is 19.2 Å². The minimum atomic E-state index is -4.75. The molecule has 12 nitrogen and oxygen atoms in total. The molecule has 0 unspecified atom stereocenters. The summed E-state index contributed by atoms with van der Waals surface area (Å²) < 4.78 is 73.6. The highest BCUT2D eigenvalue weighted by atomic mass is 19.4. The van der Waals surface area contributed by atoms with Crippen molar-refractivity contribution >= 4 is 28.6 Å². The number of nitrogens with zero attached hydrogens (tertiary/aromatic N) is 7. The zero-order valence-electron chi connectivity index (χ0n) is 34.1. The molecule has 5 aromatic rings. The van der Waals surface area contributed by atoms with Crippen LogP contribution in [0, 0.1) is 29.5 Å². The van der Waals surface area contributed by atoms with Crippen molar-refractivity contribution in [1.82, 2.24) is 19.9 Å². The zero-order valence-corrected chi connectivity index (χ0v) is 34.1. The number of aryl methyl sites for hydroxylation is 1. The fourth-order valence-corrected chi connectivity index (χ4v) is 8.48. The Labute approximate surface area is 344 Å². The van der Waals surface area contributed by atoms with Gasteiger partial charge in [0.05, 0.1) is 48.7 Å². The first-order valence-corrected chi connectivity index (χ1v) is 19.3. The third-order valence-corrected chi connectivity index (χ3v) is 11.5. The van der Waals surface area contributed by atoms with Gasteiger partial charge in [-0.15, -0.1) is 0 Å². The first kappa shape index (κ1) is 41.8. The Kier molecular flexibility index (Phi) is 11.1. The molecule has 2 fully saturated rings. The van der Waals surface area contributed by atoms with Gasteiger partial charge in [0.2, 0.25) is 0 Å². The molecule has 0 saturated carbocycles. The van der Waals surface area contributed by atoms with E-state index in [1.54, 1.807) is 25.2 Å². The summed E-state index contributed by atoms with van der Waals surface area (Å²) in [5.41, 5.74) is 0.519. The van der Waals surface area contributed by atoms with Gasteiger partial charge in [0, 0.05) is 31.6 Å². The van der Waals surface area contributed by atoms with Crippen LogP contribution in [0.4, 0.5) is 34.0 Å². The molecule has 314 valence electrons. The van der Waals surface area contributed by atoms with Crippen LogP contribution < -0.4 is 24.0 Å². The number of carboxylic acid groups (broad SMARTS) is 1. The van der Waals surface area contributed by atoms with E-state index in [2.05, 4.69) is 16.0 Å². The van der Waals surface area contributed by atoms with Crippen LogP contribution in [0.25, 0.3) is 22.2 Å². The molecule has 2 aromatic heterocycles. The standard InChI is InChI=1S/C44H45F4N7O5/c1-26-17-34(50-35(18-26)53(21-27-7-11-31(58-5)12-8-27)22-28-9-13-32(59-6)14-10-28)36-29(20-49)19-33-38(37(36)45)51-40(60-25-44(46,47)48)52-39(33)54-23-30-15-16-43(24-54,42(2,3)4)55(30)41(56)57/h7-14,17-19,30H,15-16,21-25H2,1-6H3,(H,56,57)/t30-,43-/m0/s1. The molecule has 0 aliphatic carbocycles. The van der Waals surface area contributed by atoms with Crippen LogP contribution in [-0.2, 0) is 13.1 Å². The summed E-state index contributed by atoms with van der Waals surface area (Å²) in [7, 11) is 3.17. The highest BCUT2D eigenvalue weighted by Crippen LogP contribution is 2.51. The van der Waals surface area contributed by atoms with E-state index in [0.29, 0.717) is 48.8 Å². The topological polar surface area (TPSA) is 137 Å². The molecule has 1 N–H and O–H groups in total. The summed E-state index contributed by atoms with van der Waals surface area (Å²) in [6.07, 6.45) is -4.76. The highest BCUT2D eigenvalue weighted by Gasteiger charge is 2.59. The molecule has 0 radical (unpaired) electrons. The molecule has 7 rings (SSSR count). The predicted molar refractivity (Wildman–Crippen MR) is 217 cm³/mol. The van der Waals surface area contributed by atoms with E-state index in [1.165, 1.54) is 11.0 Å². The second kappa shape index (κ2) is 16.0. The molecule has 4 heterocycles. The molecule has 2 saturated heterocycles. The van der Waals surface area contributed by atoms with Crippen molar-refractivity contribution in [3.05, 3.63) is 94.8 Å². The molecular formula is C44H45F4N7O5. The van der Waals surface area contributed by atoms with Crippen molar-refractivity contribution in [3.8, 4) is 34.8 Å². The number of hydrogen-bond donors (Lipinski definition) is 1. The molecule has 2 aliphatic heterocycles. The Morgan fingerprint density at radius 2 is 1.58 bits per heavy atom. The third kappa shape index (κ3) is 8.12. The molecule has 2 bridgehead atoms. The summed E-state index contributed by atoms with van der Waals surface area (Å²) in [6, 6.07) is 20.9. The van der Waals surface area contributed by atoms with Crippen LogP contribution in [0.15, 0.2) is 66.7 Å². The Morgan fingerprint density at radius 3 is 2.12 bits per heavy atom. The van der Waals surface area contributed by atoms with Crippen molar-refractivity contribution in [2.45, 2.75) is 71.4 Å². The van der Waals surface area contributed by atoms with Gasteiger partial charge in [0.15, 0.2) is 12.4 Å². The highest BCUT2D eigenvalue weighted by molar-refractivity contribution is 5.96. The first-order valence-electron chi connectivity index (χ1n) is 19.3. The number of hydrogen-bond acceptors (Lipinski definition) is 10. The van der Waals surface area contributed by atoms with E-state index in [-0.39, 0.29) is 46.6 Å². The number of carbonyl (C=O) groups is 1. The fraction of sp³-hybridized carbons (Fsp3) is 0.386. The Morgan fingerprint density at radius 1 is 0.967 bits per heavy atom. The van der Waals surface area contributed by atoms with Gasteiger partial charge in [-0.1, -0.05) is 45.0 Å². The summed E-state index contributed by atoms with van der Waals surface area (Å²) in [5, 5.41) is 21.0. The summed E-state index contributed by atoms with van der Waals surface area (Å²) in [4.78, 5) is 31.3. The number of fused-ring (bicyclic) bond motifs is 3. The number of alkyl halides is 3. The SMILES string of the molecule is COc1ccc(CN(Cc2ccc(OC)cc2)c2cc(C)cc(-c3c(C#N)cc4c(N5C[C@@H]6CC[C@@](C(C)(C)C)(C5)N6C(=O)O)nc(OCC(F)(F)F)nc4c3F)n2)cc1. The van der Waals surface area contributed by atoms with Crippen molar-refractivity contribution in [2.24, 2.45) is 5.41 Å². The maximum atomic E-state index is 17.4. The van der Waals surface area contributed by atoms with Gasteiger partial charge in [-0.25, -0.2) is 14.2 Å². The minimum Gasteiger partial charge on any atom is -0.497 e. The minimum absolute atomic E-state index is 0.0349. The molecular weight excluding hydrogens is 783 g/mol. The third-order valence-electron chi connectivity index (χ3n) is 11.5. The van der Waals surface area contributed by atoms with Crippen LogP contribution in [0.2, 0.25) is 0 Å². The van der Waals surface area contributed by atoms with Gasteiger partial charge in [0.25, 0.3) is 0 Å². The lowest BCUT2D eigenvalue weighted by Gasteiger charge is -2.54. The van der Waals surface area contributed by atoms with E-state index in [9.17, 15) is 28.3 Å². The fourth-order valence-electron chi connectivity index (χ4n) is 8.48. The number of pyridine rings is 1. The number of benzene rings is 3. The van der Waals surface area contributed by atoms with Gasteiger partial charge in [-0.05, 0) is 84.3 Å². The van der Waals surface area contributed by atoms with Gasteiger partial charge < -0.3 is 29.1 Å². The van der Waals surface area contributed by atoms with Crippen molar-refractivity contribution in [1.29, 1.82) is 5.26 Å². The number of aromatic nitrogens is 3. The van der Waals surface area contributed by atoms with Gasteiger partial charge in [0.1, 0.15) is 28.7 Å². The Balaban J connectivity index is 1.37. The largest absolute Gasteiger partial charge is 0.497 e. The van der Waals surface area contributed by atoms with E-state index < -0.39 is 47.7 Å². The van der Waals surface area contributed by atoms with Crippen LogP contribution >= 0.6 is 0 Å². The molecule has 2 aliphatic rings. The van der Waals surface area contributed by atoms with Crippen LogP contribution in [0.3, 0.4) is 0 Å². The van der Waals surface area contributed by atoms with Crippen LogP contribution in [0.1, 0.15) is 55.9 Å². The van der Waals surface area contributed by atoms with Crippen LogP contribution in [-0.4, -0.2) is 82.7 Å². The zero-order chi connectivity index (χ0) is 43.1. The number of ether oxygens (including phenoxy) is 3. The molecule has 60 heavy (non-hydrogen) atoms. The normalized spacial score (nSPS) is 17.7. The van der Waals surface area contributed by atoms with Crippen molar-refractivity contribution in [2.75, 3.05) is 43.7 Å². The second-order valence-electron chi connectivity index (χ2n) is 16.3. The van der Waals surface area contributed by atoms with E-state index in [0.717, 1.165) is 11.1 Å². The van der Waals surface area contributed by atoms with Crippen molar-refractivity contribution < 1.29 is 41.7 Å². The number of amides is 1.